The van der Waals surface area contributed by atoms with E-state index in [1.165, 1.54) is 14.0 Å². The Hall–Kier alpha value is -3.19. The molecule has 33 heavy (non-hydrogen) atoms. The average Bonchev–Trinajstić information content (AvgIpc) is 3.11. The number of hydrogen-bond acceptors (Lipinski definition) is 6. The molecule has 0 aromatic heterocycles. The molecule has 7 heteroatoms. The minimum Gasteiger partial charge on any atom is -0.469 e. The second kappa shape index (κ2) is 11.1. The van der Waals surface area contributed by atoms with Crippen molar-refractivity contribution in [2.75, 3.05) is 20.3 Å². The molecule has 1 amide bonds. The zero-order valence-corrected chi connectivity index (χ0v) is 19.6. The number of hydrogen-bond donors (Lipinski definition) is 2. The van der Waals surface area contributed by atoms with E-state index >= 15 is 0 Å². The van der Waals surface area contributed by atoms with Crippen molar-refractivity contribution in [2.24, 2.45) is 5.92 Å². The highest BCUT2D eigenvalue weighted by molar-refractivity contribution is 5.82. The number of ketones is 1. The summed E-state index contributed by atoms with van der Waals surface area (Å²) in [5, 5.41) is 5.90. The number of methoxy groups -OCH3 is 1. The van der Waals surface area contributed by atoms with Crippen LogP contribution < -0.4 is 10.6 Å². The summed E-state index contributed by atoms with van der Waals surface area (Å²) in [6, 6.07) is 15.3. The topological polar surface area (TPSA) is 93.7 Å². The predicted octanol–water partition coefficient (Wildman–Crippen LogP) is 3.66. The van der Waals surface area contributed by atoms with Crippen LogP contribution in [0, 0.1) is 5.92 Å². The van der Waals surface area contributed by atoms with Gasteiger partial charge in [0, 0.05) is 12.5 Å². The van der Waals surface area contributed by atoms with E-state index in [1.807, 2.05) is 38.1 Å². The lowest BCUT2D eigenvalue weighted by Crippen LogP contribution is -2.49. The number of Topliss-reactive ketones (excluding diaryl/α,β-unsaturated/α-hetero) is 1. The maximum atomic E-state index is 12.6. The van der Waals surface area contributed by atoms with Crippen molar-refractivity contribution in [1.82, 2.24) is 10.6 Å². The van der Waals surface area contributed by atoms with Crippen LogP contribution in [0.15, 0.2) is 48.5 Å². The van der Waals surface area contributed by atoms with Crippen molar-refractivity contribution in [2.45, 2.75) is 45.2 Å². The van der Waals surface area contributed by atoms with Gasteiger partial charge in [-0.05, 0) is 35.1 Å². The number of rotatable bonds is 10. The average molecular weight is 453 g/mol. The molecular weight excluding hydrogens is 420 g/mol. The van der Waals surface area contributed by atoms with E-state index in [-0.39, 0.29) is 43.2 Å². The van der Waals surface area contributed by atoms with Crippen LogP contribution in [0.4, 0.5) is 4.79 Å². The third-order valence-electron chi connectivity index (χ3n) is 6.00. The quantitative estimate of drug-likeness (QED) is 0.535. The largest absolute Gasteiger partial charge is 0.469 e. The Kier molecular flexibility index (Phi) is 8.22. The number of alkyl carbamates (subject to hydrolysis) is 1. The van der Waals surface area contributed by atoms with Crippen LogP contribution in [0.1, 0.15) is 44.2 Å². The second-order valence-electron chi connectivity index (χ2n) is 8.69. The molecule has 2 aromatic rings. The summed E-state index contributed by atoms with van der Waals surface area (Å²) in [6.45, 7) is 5.81. The standard InChI is InChI=1S/C26H32N2O5/c1-16(2)25(17(3)29)27-14-18(13-24(30)32-4)28-26(31)33-15-23-21-11-7-5-9-19(21)20-10-6-8-12-22(20)23/h5-12,16,18,23,25,27H,13-15H2,1-4H3,(H,28,31)/t18-,25+/m1/s1. The van der Waals surface area contributed by atoms with E-state index in [0.717, 1.165) is 22.3 Å². The highest BCUT2D eigenvalue weighted by atomic mass is 16.5. The molecule has 2 aromatic carbocycles. The van der Waals surface area contributed by atoms with Crippen molar-refractivity contribution in [3.63, 3.8) is 0 Å². The first-order valence-corrected chi connectivity index (χ1v) is 11.2. The molecule has 2 atom stereocenters. The Morgan fingerprint density at radius 1 is 0.970 bits per heavy atom. The third-order valence-corrected chi connectivity index (χ3v) is 6.00. The van der Waals surface area contributed by atoms with Crippen LogP contribution in [0.3, 0.4) is 0 Å². The number of fused-ring (bicyclic) bond motifs is 3. The fraction of sp³-hybridized carbons (Fsp3) is 0.423. The molecule has 2 N–H and O–H groups in total. The SMILES string of the molecule is COC(=O)C[C@H](CN[C@H](C(C)=O)C(C)C)NC(=O)OCC1c2ccccc2-c2ccccc21. The minimum absolute atomic E-state index is 0.00274. The molecule has 1 aliphatic rings. The van der Waals surface area contributed by atoms with Gasteiger partial charge in [0.1, 0.15) is 12.4 Å². The molecule has 0 spiro atoms. The monoisotopic (exact) mass is 452 g/mol. The van der Waals surface area contributed by atoms with Crippen LogP contribution in [-0.2, 0) is 19.1 Å². The van der Waals surface area contributed by atoms with Crippen LogP contribution in [0.2, 0.25) is 0 Å². The smallest absolute Gasteiger partial charge is 0.407 e. The van der Waals surface area contributed by atoms with Crippen LogP contribution in [0.5, 0.6) is 0 Å². The molecule has 3 rings (SSSR count). The number of esters is 1. The fourth-order valence-corrected chi connectivity index (χ4v) is 4.38. The van der Waals surface area contributed by atoms with Gasteiger partial charge in [-0.1, -0.05) is 62.4 Å². The molecule has 0 heterocycles. The molecular formula is C26H32N2O5. The Morgan fingerprint density at radius 2 is 1.55 bits per heavy atom. The van der Waals surface area contributed by atoms with Gasteiger partial charge in [0.2, 0.25) is 0 Å². The lowest BCUT2D eigenvalue weighted by molar-refractivity contribution is -0.141. The molecule has 1 aliphatic carbocycles. The van der Waals surface area contributed by atoms with Gasteiger partial charge >= 0.3 is 12.1 Å². The number of nitrogens with one attached hydrogen (secondary N) is 2. The zero-order valence-electron chi connectivity index (χ0n) is 19.6. The van der Waals surface area contributed by atoms with Gasteiger partial charge in [-0.2, -0.15) is 0 Å². The molecule has 0 fully saturated rings. The summed E-state index contributed by atoms with van der Waals surface area (Å²) >= 11 is 0. The maximum Gasteiger partial charge on any atom is 0.407 e. The lowest BCUT2D eigenvalue weighted by atomic mass is 9.98. The molecule has 0 unspecified atom stereocenters. The highest BCUT2D eigenvalue weighted by Gasteiger charge is 2.29. The van der Waals surface area contributed by atoms with Crippen molar-refractivity contribution in [3.8, 4) is 11.1 Å². The van der Waals surface area contributed by atoms with Crippen LogP contribution >= 0.6 is 0 Å². The summed E-state index contributed by atoms with van der Waals surface area (Å²) < 4.78 is 10.3. The van der Waals surface area contributed by atoms with Crippen molar-refractivity contribution < 1.29 is 23.9 Å². The van der Waals surface area contributed by atoms with E-state index < -0.39 is 18.1 Å². The van der Waals surface area contributed by atoms with Gasteiger partial charge in [-0.25, -0.2) is 4.79 Å². The molecule has 0 saturated heterocycles. The molecule has 0 bridgehead atoms. The van der Waals surface area contributed by atoms with Crippen LogP contribution in [0.25, 0.3) is 11.1 Å². The number of amides is 1. The summed E-state index contributed by atoms with van der Waals surface area (Å²) in [4.78, 5) is 36.4. The van der Waals surface area contributed by atoms with E-state index in [1.54, 1.807) is 0 Å². The third kappa shape index (κ3) is 5.99. The first kappa shape index (κ1) is 24.5. The summed E-state index contributed by atoms with van der Waals surface area (Å²) in [7, 11) is 1.30. The number of ether oxygens (including phenoxy) is 2. The van der Waals surface area contributed by atoms with Gasteiger partial charge in [0.25, 0.3) is 0 Å². The van der Waals surface area contributed by atoms with E-state index in [0.29, 0.717) is 0 Å². The minimum atomic E-state index is -0.614. The molecule has 7 nitrogen and oxygen atoms in total. The highest BCUT2D eigenvalue weighted by Crippen LogP contribution is 2.44. The van der Waals surface area contributed by atoms with Gasteiger partial charge in [0.05, 0.1) is 25.6 Å². The van der Waals surface area contributed by atoms with Gasteiger partial charge < -0.3 is 20.1 Å². The Labute approximate surface area is 194 Å². The molecule has 0 radical (unpaired) electrons. The Bertz CT molecular complexity index is 958. The summed E-state index contributed by atoms with van der Waals surface area (Å²) in [6.07, 6.45) is -0.646. The summed E-state index contributed by atoms with van der Waals surface area (Å²) in [5.74, 6) is -0.424. The molecule has 0 aliphatic heterocycles. The van der Waals surface area contributed by atoms with Gasteiger partial charge in [-0.15, -0.1) is 0 Å². The van der Waals surface area contributed by atoms with E-state index in [2.05, 4.69) is 34.9 Å². The number of carbonyl (C=O) groups is 3. The second-order valence-corrected chi connectivity index (χ2v) is 8.69. The van der Waals surface area contributed by atoms with E-state index in [9.17, 15) is 14.4 Å². The first-order valence-electron chi connectivity index (χ1n) is 11.2. The van der Waals surface area contributed by atoms with Crippen molar-refractivity contribution in [1.29, 1.82) is 0 Å². The predicted molar refractivity (Wildman–Crippen MR) is 126 cm³/mol. The van der Waals surface area contributed by atoms with Gasteiger partial charge in [-0.3, -0.25) is 9.59 Å². The number of benzene rings is 2. The lowest BCUT2D eigenvalue weighted by Gasteiger charge is -2.24. The summed E-state index contributed by atoms with van der Waals surface area (Å²) in [5.41, 5.74) is 4.55. The zero-order chi connectivity index (χ0) is 24.0. The molecule has 176 valence electrons. The van der Waals surface area contributed by atoms with Gasteiger partial charge in [0.15, 0.2) is 0 Å². The fourth-order valence-electron chi connectivity index (χ4n) is 4.38. The maximum absolute atomic E-state index is 12.6. The Balaban J connectivity index is 1.64. The van der Waals surface area contributed by atoms with Crippen molar-refractivity contribution >= 4 is 17.8 Å². The molecule has 0 saturated carbocycles. The van der Waals surface area contributed by atoms with Crippen LogP contribution in [-0.4, -0.2) is 50.2 Å². The van der Waals surface area contributed by atoms with E-state index in [4.69, 9.17) is 9.47 Å². The number of carbonyl (C=O) groups excluding carboxylic acids is 3. The first-order chi connectivity index (χ1) is 15.8. The normalized spacial score (nSPS) is 14.2. The Morgan fingerprint density at radius 3 is 2.06 bits per heavy atom. The van der Waals surface area contributed by atoms with Crippen molar-refractivity contribution in [3.05, 3.63) is 59.7 Å².